The first kappa shape index (κ1) is 15.6. The van der Waals surface area contributed by atoms with Crippen LogP contribution in [0.1, 0.15) is 40.0 Å². The standard InChI is InChI=1S/C15H29NO2/c1-5-18-9-8-16(4)11-14-10-13(12(2)3)6-7-15(14)17/h12-14H,5-11H2,1-4H3. The molecule has 1 fully saturated rings. The van der Waals surface area contributed by atoms with Crippen molar-refractivity contribution in [2.75, 3.05) is 33.4 Å². The lowest BCUT2D eigenvalue weighted by Gasteiger charge is -2.32. The molecular formula is C15H29NO2. The Balaban J connectivity index is 2.36. The SMILES string of the molecule is CCOCCN(C)CC1CC(C(C)C)CCC1=O. The fraction of sp³-hybridized carbons (Fsp3) is 0.933. The minimum atomic E-state index is 0.248. The van der Waals surface area contributed by atoms with Gasteiger partial charge in [-0.05, 0) is 38.6 Å². The van der Waals surface area contributed by atoms with E-state index in [9.17, 15) is 4.79 Å². The Kier molecular flexibility index (Phi) is 6.87. The summed E-state index contributed by atoms with van der Waals surface area (Å²) in [7, 11) is 2.09. The number of rotatable bonds is 7. The Bertz CT molecular complexity index is 253. The highest BCUT2D eigenvalue weighted by Crippen LogP contribution is 2.31. The van der Waals surface area contributed by atoms with Crippen molar-refractivity contribution < 1.29 is 9.53 Å². The van der Waals surface area contributed by atoms with E-state index in [4.69, 9.17) is 4.74 Å². The molecule has 0 radical (unpaired) electrons. The van der Waals surface area contributed by atoms with E-state index >= 15 is 0 Å². The van der Waals surface area contributed by atoms with Gasteiger partial charge in [0.25, 0.3) is 0 Å². The molecule has 3 heteroatoms. The van der Waals surface area contributed by atoms with Crippen LogP contribution >= 0.6 is 0 Å². The average molecular weight is 255 g/mol. The van der Waals surface area contributed by atoms with Crippen LogP contribution in [-0.2, 0) is 9.53 Å². The molecule has 0 aromatic heterocycles. The third-order valence-electron chi connectivity index (χ3n) is 4.10. The fourth-order valence-corrected chi connectivity index (χ4v) is 2.76. The van der Waals surface area contributed by atoms with E-state index in [2.05, 4.69) is 25.8 Å². The van der Waals surface area contributed by atoms with Gasteiger partial charge in [-0.25, -0.2) is 0 Å². The number of ketones is 1. The first-order valence-electron chi connectivity index (χ1n) is 7.33. The lowest BCUT2D eigenvalue weighted by molar-refractivity contribution is -0.126. The highest BCUT2D eigenvalue weighted by Gasteiger charge is 2.30. The van der Waals surface area contributed by atoms with Crippen LogP contribution in [0.25, 0.3) is 0 Å². The van der Waals surface area contributed by atoms with E-state index in [0.29, 0.717) is 11.7 Å². The van der Waals surface area contributed by atoms with Crippen molar-refractivity contribution in [3.05, 3.63) is 0 Å². The summed E-state index contributed by atoms with van der Waals surface area (Å²) in [5.74, 6) is 2.15. The fourth-order valence-electron chi connectivity index (χ4n) is 2.76. The first-order valence-corrected chi connectivity index (χ1v) is 7.33. The Hall–Kier alpha value is -0.410. The van der Waals surface area contributed by atoms with Crippen molar-refractivity contribution in [1.29, 1.82) is 0 Å². The smallest absolute Gasteiger partial charge is 0.137 e. The number of ether oxygens (including phenoxy) is 1. The molecule has 3 nitrogen and oxygen atoms in total. The maximum atomic E-state index is 12.0. The van der Waals surface area contributed by atoms with E-state index in [-0.39, 0.29) is 5.92 Å². The third kappa shape index (κ3) is 5.07. The number of carbonyl (C=O) groups excluding carboxylic acids is 1. The zero-order valence-corrected chi connectivity index (χ0v) is 12.4. The summed E-state index contributed by atoms with van der Waals surface area (Å²) in [4.78, 5) is 14.2. The van der Waals surface area contributed by atoms with Gasteiger partial charge >= 0.3 is 0 Å². The third-order valence-corrected chi connectivity index (χ3v) is 4.10. The monoisotopic (exact) mass is 255 g/mol. The number of carbonyl (C=O) groups is 1. The molecule has 0 amide bonds. The molecule has 1 saturated carbocycles. The Labute approximate surface area is 112 Å². The van der Waals surface area contributed by atoms with E-state index in [1.807, 2.05) is 6.92 Å². The van der Waals surface area contributed by atoms with Crippen molar-refractivity contribution in [1.82, 2.24) is 4.90 Å². The highest BCUT2D eigenvalue weighted by molar-refractivity contribution is 5.81. The lowest BCUT2D eigenvalue weighted by atomic mass is 9.75. The minimum Gasteiger partial charge on any atom is -0.380 e. The minimum absolute atomic E-state index is 0.248. The highest BCUT2D eigenvalue weighted by atomic mass is 16.5. The summed E-state index contributed by atoms with van der Waals surface area (Å²) in [5, 5.41) is 0. The van der Waals surface area contributed by atoms with Gasteiger partial charge in [0.15, 0.2) is 0 Å². The molecule has 1 aliphatic rings. The number of likely N-dealkylation sites (N-methyl/N-ethyl adjacent to an activating group) is 1. The topological polar surface area (TPSA) is 29.5 Å². The predicted molar refractivity (Wildman–Crippen MR) is 74.7 cm³/mol. The Morgan fingerprint density at radius 1 is 1.44 bits per heavy atom. The molecule has 0 bridgehead atoms. The van der Waals surface area contributed by atoms with Gasteiger partial charge < -0.3 is 9.64 Å². The molecule has 18 heavy (non-hydrogen) atoms. The van der Waals surface area contributed by atoms with E-state index in [1.54, 1.807) is 0 Å². The summed E-state index contributed by atoms with van der Waals surface area (Å²) in [6.45, 7) is 9.91. The second-order valence-corrected chi connectivity index (χ2v) is 5.90. The normalized spacial score (nSPS) is 25.1. The Morgan fingerprint density at radius 2 is 2.17 bits per heavy atom. The quantitative estimate of drug-likeness (QED) is 0.655. The maximum absolute atomic E-state index is 12.0. The van der Waals surface area contributed by atoms with Crippen LogP contribution in [0.2, 0.25) is 0 Å². The molecule has 1 rings (SSSR count). The summed E-state index contributed by atoms with van der Waals surface area (Å²) in [5.41, 5.74) is 0. The summed E-state index contributed by atoms with van der Waals surface area (Å²) in [6, 6.07) is 0. The van der Waals surface area contributed by atoms with E-state index in [0.717, 1.165) is 51.5 Å². The van der Waals surface area contributed by atoms with Crippen molar-refractivity contribution in [3.63, 3.8) is 0 Å². The molecule has 0 aliphatic heterocycles. The van der Waals surface area contributed by atoms with Gasteiger partial charge in [-0.2, -0.15) is 0 Å². The zero-order chi connectivity index (χ0) is 13.5. The molecule has 2 unspecified atom stereocenters. The van der Waals surface area contributed by atoms with Crippen LogP contribution in [0.3, 0.4) is 0 Å². The second kappa shape index (κ2) is 7.90. The van der Waals surface area contributed by atoms with Gasteiger partial charge in [0.05, 0.1) is 6.61 Å². The van der Waals surface area contributed by atoms with Gasteiger partial charge in [0.1, 0.15) is 5.78 Å². The second-order valence-electron chi connectivity index (χ2n) is 5.90. The molecular weight excluding hydrogens is 226 g/mol. The van der Waals surface area contributed by atoms with Gasteiger partial charge in [-0.1, -0.05) is 13.8 Å². The molecule has 0 spiro atoms. The van der Waals surface area contributed by atoms with Crippen LogP contribution in [0.15, 0.2) is 0 Å². The number of Topliss-reactive ketones (excluding diaryl/α,β-unsaturated/α-hetero) is 1. The van der Waals surface area contributed by atoms with Crippen molar-refractivity contribution >= 4 is 5.78 Å². The molecule has 0 aromatic carbocycles. The van der Waals surface area contributed by atoms with Gasteiger partial charge in [0.2, 0.25) is 0 Å². The number of hydrogen-bond donors (Lipinski definition) is 0. The lowest BCUT2D eigenvalue weighted by Crippen LogP contribution is -2.37. The Morgan fingerprint density at radius 3 is 2.78 bits per heavy atom. The van der Waals surface area contributed by atoms with Crippen molar-refractivity contribution in [2.24, 2.45) is 17.8 Å². The van der Waals surface area contributed by atoms with Crippen LogP contribution in [-0.4, -0.2) is 44.0 Å². The first-order chi connectivity index (χ1) is 8.54. The van der Waals surface area contributed by atoms with Gasteiger partial charge in [0, 0.05) is 32.0 Å². The van der Waals surface area contributed by atoms with Crippen LogP contribution < -0.4 is 0 Å². The van der Waals surface area contributed by atoms with Gasteiger partial charge in [-0.15, -0.1) is 0 Å². The molecule has 0 saturated heterocycles. The summed E-state index contributed by atoms with van der Waals surface area (Å²) >= 11 is 0. The van der Waals surface area contributed by atoms with Crippen LogP contribution in [0.5, 0.6) is 0 Å². The van der Waals surface area contributed by atoms with Crippen molar-refractivity contribution in [3.8, 4) is 0 Å². The average Bonchev–Trinajstić information content (AvgIpc) is 2.32. The molecule has 1 aliphatic carbocycles. The zero-order valence-electron chi connectivity index (χ0n) is 12.4. The maximum Gasteiger partial charge on any atom is 0.137 e. The number of nitrogens with zero attached hydrogens (tertiary/aromatic N) is 1. The van der Waals surface area contributed by atoms with Crippen LogP contribution in [0.4, 0.5) is 0 Å². The molecule has 2 atom stereocenters. The summed E-state index contributed by atoms with van der Waals surface area (Å²) < 4.78 is 5.35. The number of hydrogen-bond acceptors (Lipinski definition) is 3. The molecule has 0 N–H and O–H groups in total. The summed E-state index contributed by atoms with van der Waals surface area (Å²) in [6.07, 6.45) is 2.96. The van der Waals surface area contributed by atoms with E-state index < -0.39 is 0 Å². The van der Waals surface area contributed by atoms with Crippen LogP contribution in [0, 0.1) is 17.8 Å². The van der Waals surface area contributed by atoms with Gasteiger partial charge in [-0.3, -0.25) is 4.79 Å². The molecule has 0 aromatic rings. The largest absolute Gasteiger partial charge is 0.380 e. The molecule has 106 valence electrons. The van der Waals surface area contributed by atoms with E-state index in [1.165, 1.54) is 0 Å². The molecule has 0 heterocycles. The van der Waals surface area contributed by atoms with Crippen molar-refractivity contribution in [2.45, 2.75) is 40.0 Å². The predicted octanol–water partition coefficient (Wildman–Crippen LogP) is 2.60.